The lowest BCUT2D eigenvalue weighted by molar-refractivity contribution is -0.148. The Labute approximate surface area is 313 Å². The Morgan fingerprint density at radius 1 is 1.18 bits per heavy atom. The van der Waals surface area contributed by atoms with Crippen molar-refractivity contribution in [1.29, 1.82) is 0 Å². The summed E-state index contributed by atoms with van der Waals surface area (Å²) in [6.45, 7) is 6.51. The van der Waals surface area contributed by atoms with Gasteiger partial charge in [-0.1, -0.05) is 45.4 Å². The van der Waals surface area contributed by atoms with Gasteiger partial charge in [0.25, 0.3) is 0 Å². The number of carbonyl (C=O) groups is 3. The first-order valence-corrected chi connectivity index (χ1v) is 18.9. The summed E-state index contributed by atoms with van der Waals surface area (Å²) in [5, 5.41) is 25.2. The second kappa shape index (κ2) is 17.8. The van der Waals surface area contributed by atoms with Gasteiger partial charge in [0, 0.05) is 48.3 Å². The van der Waals surface area contributed by atoms with E-state index in [1.165, 1.54) is 7.11 Å². The Bertz CT molecular complexity index is 1670. The van der Waals surface area contributed by atoms with Crippen LogP contribution in [0.2, 0.25) is 0 Å². The molecule has 2 aliphatic carbocycles. The van der Waals surface area contributed by atoms with Crippen molar-refractivity contribution in [3.8, 4) is 11.5 Å². The molecule has 5 rings (SSSR count). The van der Waals surface area contributed by atoms with Crippen LogP contribution in [-0.2, 0) is 20.7 Å². The largest absolute Gasteiger partial charge is 0.493 e. The van der Waals surface area contributed by atoms with E-state index in [2.05, 4.69) is 37.1 Å². The predicted octanol–water partition coefficient (Wildman–Crippen LogP) is 5.06. The number of benzene rings is 2. The molecule has 276 valence electrons. The number of amides is 2. The minimum Gasteiger partial charge on any atom is -0.493 e. The molecule has 1 saturated carbocycles. The SMILES string of the molecule is COc1cc(C=O)cc(I)c1O[C@H]1C=C(C(=O)NCCO)C[C@@H](N(CCc2cc3ccccc3[nH]2)C(=O)CO[C@H]2C[C@@H](C)CC[C@@H]2C(C)C)[C@@H]1O. The number of hydrogen-bond donors (Lipinski definition) is 4. The van der Waals surface area contributed by atoms with Crippen molar-refractivity contribution in [1.82, 2.24) is 15.2 Å². The molecule has 1 fully saturated rings. The summed E-state index contributed by atoms with van der Waals surface area (Å²) in [5.74, 6) is 1.14. The number of rotatable bonds is 15. The van der Waals surface area contributed by atoms with E-state index in [-0.39, 0.29) is 44.7 Å². The minimum absolute atomic E-state index is 0.0431. The molecule has 1 heterocycles. The molecule has 0 spiro atoms. The van der Waals surface area contributed by atoms with E-state index in [4.69, 9.17) is 14.2 Å². The van der Waals surface area contributed by atoms with E-state index in [1.807, 2.05) is 46.9 Å². The van der Waals surface area contributed by atoms with Gasteiger partial charge in [0.1, 0.15) is 25.1 Å². The molecule has 3 aromatic rings. The van der Waals surface area contributed by atoms with Gasteiger partial charge in [0.15, 0.2) is 11.5 Å². The van der Waals surface area contributed by atoms with Gasteiger partial charge in [-0.05, 0) is 88.9 Å². The molecule has 0 saturated heterocycles. The maximum atomic E-state index is 14.4. The fourth-order valence-electron chi connectivity index (χ4n) is 7.39. The fraction of sp³-hybridized carbons (Fsp3) is 0.513. The molecule has 2 aliphatic rings. The van der Waals surface area contributed by atoms with Crippen LogP contribution in [0, 0.1) is 21.3 Å². The highest BCUT2D eigenvalue weighted by atomic mass is 127. The molecule has 2 amide bonds. The Morgan fingerprint density at radius 3 is 2.67 bits per heavy atom. The number of nitrogens with one attached hydrogen (secondary N) is 2. The van der Waals surface area contributed by atoms with Crippen LogP contribution in [-0.4, -0.2) is 96.0 Å². The summed E-state index contributed by atoms with van der Waals surface area (Å²) in [4.78, 5) is 44.4. The number of aliphatic hydroxyl groups excluding tert-OH is 2. The van der Waals surface area contributed by atoms with E-state index in [0.717, 1.165) is 35.9 Å². The maximum absolute atomic E-state index is 14.4. The molecular formula is C39H50IN3O8. The van der Waals surface area contributed by atoms with Crippen molar-refractivity contribution in [2.45, 2.75) is 77.2 Å². The van der Waals surface area contributed by atoms with Crippen molar-refractivity contribution in [3.63, 3.8) is 0 Å². The molecule has 6 atom stereocenters. The van der Waals surface area contributed by atoms with Crippen molar-refractivity contribution in [3.05, 3.63) is 68.9 Å². The van der Waals surface area contributed by atoms with Gasteiger partial charge in [-0.3, -0.25) is 14.4 Å². The molecule has 2 aromatic carbocycles. The van der Waals surface area contributed by atoms with E-state index in [0.29, 0.717) is 56.7 Å². The summed E-state index contributed by atoms with van der Waals surface area (Å²) in [6.07, 6.45) is 3.52. The molecule has 4 N–H and O–H groups in total. The monoisotopic (exact) mass is 815 g/mol. The number of para-hydroxylation sites is 1. The predicted molar refractivity (Wildman–Crippen MR) is 203 cm³/mol. The molecule has 1 aromatic heterocycles. The summed E-state index contributed by atoms with van der Waals surface area (Å²) >= 11 is 2.03. The van der Waals surface area contributed by atoms with Crippen LogP contribution in [0.15, 0.2) is 54.1 Å². The first-order chi connectivity index (χ1) is 24.5. The topological polar surface area (TPSA) is 150 Å². The highest BCUT2D eigenvalue weighted by Gasteiger charge is 2.41. The third kappa shape index (κ3) is 9.51. The molecule has 12 heteroatoms. The highest BCUT2D eigenvalue weighted by molar-refractivity contribution is 14.1. The standard InChI is InChI=1S/C39H50IN3O8/c1-23(2)29-10-9-24(3)15-33(29)50-22-36(46)43(13-11-28-18-26-7-5-6-8-31(26)42-28)32-19-27(39(48)41-12-14-44)20-34(37(32)47)51-38-30(40)16-25(21-45)17-35(38)49-4/h5-8,16-18,20-21,23-24,29,32-34,37,42,44,47H,9-15,19,22H2,1-4H3,(H,41,48)/t24-,29+,32+,33-,34-,37-/m0/s1. The van der Waals surface area contributed by atoms with Gasteiger partial charge in [-0.15, -0.1) is 0 Å². The Balaban J connectivity index is 1.47. The quantitative estimate of drug-likeness (QED) is 0.123. The summed E-state index contributed by atoms with van der Waals surface area (Å²) < 4.78 is 18.9. The Hall–Kier alpha value is -3.46. The van der Waals surface area contributed by atoms with Gasteiger partial charge in [-0.25, -0.2) is 0 Å². The molecular weight excluding hydrogens is 765 g/mol. The van der Waals surface area contributed by atoms with E-state index in [1.54, 1.807) is 23.1 Å². The van der Waals surface area contributed by atoms with Crippen molar-refractivity contribution < 1.29 is 38.8 Å². The fourth-order valence-corrected chi connectivity index (χ4v) is 8.14. The minimum atomic E-state index is -1.24. The lowest BCUT2D eigenvalue weighted by atomic mass is 9.75. The Kier molecular flexibility index (Phi) is 13.6. The van der Waals surface area contributed by atoms with Crippen LogP contribution in [0.3, 0.4) is 0 Å². The van der Waals surface area contributed by atoms with Gasteiger partial charge < -0.3 is 39.6 Å². The van der Waals surface area contributed by atoms with Crippen LogP contribution < -0.4 is 14.8 Å². The highest BCUT2D eigenvalue weighted by Crippen LogP contribution is 2.38. The molecule has 51 heavy (non-hydrogen) atoms. The number of aromatic nitrogens is 1. The number of halogens is 1. The first kappa shape index (κ1) is 38.8. The number of methoxy groups -OCH3 is 1. The first-order valence-electron chi connectivity index (χ1n) is 17.8. The second-order valence-electron chi connectivity index (χ2n) is 14.1. The number of H-pyrrole nitrogens is 1. The van der Waals surface area contributed by atoms with Gasteiger partial charge in [0.05, 0.1) is 29.4 Å². The van der Waals surface area contributed by atoms with E-state index >= 15 is 0 Å². The number of fused-ring (bicyclic) bond motifs is 1. The lowest BCUT2D eigenvalue weighted by Gasteiger charge is -2.41. The van der Waals surface area contributed by atoms with Gasteiger partial charge >= 0.3 is 0 Å². The average Bonchev–Trinajstić information content (AvgIpc) is 3.54. The number of aromatic amines is 1. The molecule has 0 bridgehead atoms. The van der Waals surface area contributed by atoms with Crippen LogP contribution in [0.5, 0.6) is 11.5 Å². The lowest BCUT2D eigenvalue weighted by Crippen LogP contribution is -2.56. The summed E-state index contributed by atoms with van der Waals surface area (Å²) in [5.41, 5.74) is 2.62. The van der Waals surface area contributed by atoms with Gasteiger partial charge in [-0.2, -0.15) is 0 Å². The maximum Gasteiger partial charge on any atom is 0.248 e. The molecule has 11 nitrogen and oxygen atoms in total. The van der Waals surface area contributed by atoms with Crippen LogP contribution in [0.25, 0.3) is 10.9 Å². The third-order valence-corrected chi connectivity index (χ3v) is 11.0. The Morgan fingerprint density at radius 2 is 1.96 bits per heavy atom. The van der Waals surface area contributed by atoms with Crippen molar-refractivity contribution in [2.24, 2.45) is 17.8 Å². The van der Waals surface area contributed by atoms with Crippen LogP contribution in [0.1, 0.15) is 62.5 Å². The number of aliphatic hydroxyl groups is 2. The molecule has 0 radical (unpaired) electrons. The number of carbonyl (C=O) groups excluding carboxylic acids is 3. The normalized spacial score (nSPS) is 23.5. The number of aldehydes is 1. The number of hydrogen-bond acceptors (Lipinski definition) is 8. The summed E-state index contributed by atoms with van der Waals surface area (Å²) in [6, 6.07) is 12.3. The van der Waals surface area contributed by atoms with Crippen molar-refractivity contribution >= 4 is 51.6 Å². The van der Waals surface area contributed by atoms with Crippen LogP contribution >= 0.6 is 22.6 Å². The zero-order valence-electron chi connectivity index (χ0n) is 29.8. The third-order valence-electron chi connectivity index (χ3n) is 10.2. The number of ether oxygens (including phenoxy) is 3. The average molecular weight is 816 g/mol. The summed E-state index contributed by atoms with van der Waals surface area (Å²) in [7, 11) is 1.46. The second-order valence-corrected chi connectivity index (χ2v) is 15.2. The molecule has 0 unspecified atom stereocenters. The zero-order valence-corrected chi connectivity index (χ0v) is 31.9. The molecule has 0 aliphatic heterocycles. The smallest absolute Gasteiger partial charge is 0.248 e. The van der Waals surface area contributed by atoms with Gasteiger partial charge in [0.2, 0.25) is 11.8 Å². The zero-order chi connectivity index (χ0) is 36.7. The van der Waals surface area contributed by atoms with Crippen LogP contribution in [0.4, 0.5) is 0 Å². The van der Waals surface area contributed by atoms with E-state index < -0.39 is 24.2 Å². The van der Waals surface area contributed by atoms with E-state index in [9.17, 15) is 24.6 Å². The number of nitrogens with zero attached hydrogens (tertiary/aromatic N) is 1. The van der Waals surface area contributed by atoms with Crippen molar-refractivity contribution in [2.75, 3.05) is 33.4 Å².